The lowest BCUT2D eigenvalue weighted by molar-refractivity contribution is 1.09. The highest BCUT2D eigenvalue weighted by Gasteiger charge is 2.10. The summed E-state index contributed by atoms with van der Waals surface area (Å²) in [6.07, 6.45) is 0. The number of anilines is 1. The van der Waals surface area contributed by atoms with Gasteiger partial charge in [0.2, 0.25) is 0 Å². The monoisotopic (exact) mass is 277 g/mol. The van der Waals surface area contributed by atoms with Gasteiger partial charge in [-0.3, -0.25) is 10.2 Å². The molecule has 6 heteroatoms. The van der Waals surface area contributed by atoms with Gasteiger partial charge in [-0.15, -0.1) is 0 Å². The van der Waals surface area contributed by atoms with E-state index < -0.39 is 0 Å². The molecule has 0 spiro atoms. The average molecular weight is 278 g/mol. The quantitative estimate of drug-likeness (QED) is 0.638. The van der Waals surface area contributed by atoms with Crippen LogP contribution in [0.5, 0.6) is 0 Å². The molecule has 0 bridgehead atoms. The molecule has 0 saturated heterocycles. The summed E-state index contributed by atoms with van der Waals surface area (Å²) >= 11 is 3.41. The van der Waals surface area contributed by atoms with E-state index in [0.717, 1.165) is 26.8 Å². The van der Waals surface area contributed by atoms with Crippen LogP contribution in [0.2, 0.25) is 0 Å². The fraction of sp³-hybridized carbons (Fsp3) is 0. The van der Waals surface area contributed by atoms with Crippen LogP contribution < -0.4 is 5.73 Å². The second-order valence-electron chi connectivity index (χ2n) is 3.45. The van der Waals surface area contributed by atoms with Gasteiger partial charge in [-0.05, 0) is 22.0 Å². The molecule has 5 nitrogen and oxygen atoms in total. The number of H-pyrrole nitrogens is 2. The number of nitrogens with one attached hydrogen (secondary N) is 2. The van der Waals surface area contributed by atoms with Crippen LogP contribution in [0.15, 0.2) is 28.9 Å². The van der Waals surface area contributed by atoms with Crippen LogP contribution in [-0.4, -0.2) is 20.4 Å². The summed E-state index contributed by atoms with van der Waals surface area (Å²) in [4.78, 5) is 0. The molecule has 0 aliphatic rings. The zero-order valence-corrected chi connectivity index (χ0v) is 9.75. The number of rotatable bonds is 1. The average Bonchev–Trinajstić information content (AvgIpc) is 2.86. The smallest absolute Gasteiger partial charge is 0.145 e. The van der Waals surface area contributed by atoms with Gasteiger partial charge in [-0.25, -0.2) is 0 Å². The van der Waals surface area contributed by atoms with Gasteiger partial charge in [-0.2, -0.15) is 10.2 Å². The SMILES string of the molecule is Nc1cc(-c2cccc3c(Br)[nH]nc23)[nH]n1. The van der Waals surface area contributed by atoms with Crippen molar-refractivity contribution in [3.05, 3.63) is 28.9 Å². The number of halogens is 1. The topological polar surface area (TPSA) is 83.4 Å². The van der Waals surface area contributed by atoms with Crippen molar-refractivity contribution in [1.82, 2.24) is 20.4 Å². The highest BCUT2D eigenvalue weighted by Crippen LogP contribution is 2.29. The first kappa shape index (κ1) is 9.41. The van der Waals surface area contributed by atoms with Crippen LogP contribution in [0.1, 0.15) is 0 Å². The normalized spacial score (nSPS) is 11.1. The summed E-state index contributed by atoms with van der Waals surface area (Å²) in [5.74, 6) is 0.474. The Morgan fingerprint density at radius 1 is 1.19 bits per heavy atom. The molecule has 0 fully saturated rings. The number of aromatic nitrogens is 4. The number of nitrogen functional groups attached to an aromatic ring is 1. The maximum Gasteiger partial charge on any atom is 0.145 e. The number of hydrogen-bond donors (Lipinski definition) is 3. The zero-order chi connectivity index (χ0) is 11.1. The highest BCUT2D eigenvalue weighted by atomic mass is 79.9. The largest absolute Gasteiger partial charge is 0.382 e. The molecule has 80 valence electrons. The van der Waals surface area contributed by atoms with E-state index in [4.69, 9.17) is 5.73 Å². The van der Waals surface area contributed by atoms with Crippen molar-refractivity contribution in [2.45, 2.75) is 0 Å². The van der Waals surface area contributed by atoms with Gasteiger partial charge in [0.05, 0.1) is 5.69 Å². The van der Waals surface area contributed by atoms with E-state index in [2.05, 4.69) is 36.3 Å². The third-order valence-electron chi connectivity index (χ3n) is 2.43. The molecule has 3 rings (SSSR count). The molecule has 0 aliphatic heterocycles. The second kappa shape index (κ2) is 3.34. The van der Waals surface area contributed by atoms with Crippen molar-refractivity contribution >= 4 is 32.7 Å². The number of para-hydroxylation sites is 1. The molecule has 2 aromatic heterocycles. The van der Waals surface area contributed by atoms with E-state index in [1.807, 2.05) is 18.2 Å². The second-order valence-corrected chi connectivity index (χ2v) is 4.24. The number of hydrogen-bond acceptors (Lipinski definition) is 3. The van der Waals surface area contributed by atoms with E-state index >= 15 is 0 Å². The van der Waals surface area contributed by atoms with Crippen LogP contribution in [-0.2, 0) is 0 Å². The number of aromatic amines is 2. The molecule has 2 heterocycles. The Hall–Kier alpha value is -1.82. The lowest BCUT2D eigenvalue weighted by Gasteiger charge is -1.97. The summed E-state index contributed by atoms with van der Waals surface area (Å²) in [5, 5.41) is 15.0. The molecular weight excluding hydrogens is 270 g/mol. The first-order chi connectivity index (χ1) is 7.75. The summed E-state index contributed by atoms with van der Waals surface area (Å²) in [6, 6.07) is 7.72. The van der Waals surface area contributed by atoms with Crippen LogP contribution in [0.25, 0.3) is 22.2 Å². The van der Waals surface area contributed by atoms with Crippen molar-refractivity contribution in [2.75, 3.05) is 5.73 Å². The summed E-state index contributed by atoms with van der Waals surface area (Å²) in [6.45, 7) is 0. The Kier molecular flexibility index (Phi) is 1.97. The molecule has 4 N–H and O–H groups in total. The van der Waals surface area contributed by atoms with Crippen molar-refractivity contribution in [1.29, 1.82) is 0 Å². The van der Waals surface area contributed by atoms with Crippen LogP contribution in [0.4, 0.5) is 5.82 Å². The maximum absolute atomic E-state index is 5.59. The molecule has 1 aromatic carbocycles. The van der Waals surface area contributed by atoms with Crippen molar-refractivity contribution in [3.63, 3.8) is 0 Å². The van der Waals surface area contributed by atoms with E-state index in [1.54, 1.807) is 6.07 Å². The maximum atomic E-state index is 5.59. The number of benzene rings is 1. The third kappa shape index (κ3) is 1.30. The summed E-state index contributed by atoms with van der Waals surface area (Å²) in [7, 11) is 0. The highest BCUT2D eigenvalue weighted by molar-refractivity contribution is 9.10. The Balaban J connectivity index is 2.31. The van der Waals surface area contributed by atoms with E-state index in [-0.39, 0.29) is 0 Å². The van der Waals surface area contributed by atoms with Crippen molar-refractivity contribution < 1.29 is 0 Å². The molecular formula is C10H8BrN5. The Bertz CT molecular complexity index is 654. The summed E-state index contributed by atoms with van der Waals surface area (Å²) < 4.78 is 0.872. The predicted octanol–water partition coefficient (Wildman–Crippen LogP) is 2.30. The first-order valence-corrected chi connectivity index (χ1v) is 5.49. The summed E-state index contributed by atoms with van der Waals surface area (Å²) in [5.41, 5.74) is 8.31. The lowest BCUT2D eigenvalue weighted by Crippen LogP contribution is -1.81. The minimum absolute atomic E-state index is 0.474. The fourth-order valence-corrected chi connectivity index (χ4v) is 2.11. The Morgan fingerprint density at radius 3 is 2.81 bits per heavy atom. The molecule has 0 amide bonds. The molecule has 0 radical (unpaired) electrons. The molecule has 0 aliphatic carbocycles. The predicted molar refractivity (Wildman–Crippen MR) is 65.8 cm³/mol. The van der Waals surface area contributed by atoms with Crippen LogP contribution in [0.3, 0.4) is 0 Å². The minimum Gasteiger partial charge on any atom is -0.382 e. The van der Waals surface area contributed by atoms with Gasteiger partial charge >= 0.3 is 0 Å². The van der Waals surface area contributed by atoms with Crippen LogP contribution >= 0.6 is 15.9 Å². The zero-order valence-electron chi connectivity index (χ0n) is 8.16. The van der Waals surface area contributed by atoms with E-state index in [9.17, 15) is 0 Å². The van der Waals surface area contributed by atoms with Gasteiger partial charge in [-0.1, -0.05) is 12.1 Å². The van der Waals surface area contributed by atoms with Gasteiger partial charge < -0.3 is 5.73 Å². The Labute approximate surface area is 99.2 Å². The lowest BCUT2D eigenvalue weighted by atomic mass is 10.1. The van der Waals surface area contributed by atoms with Gasteiger partial charge in [0, 0.05) is 17.0 Å². The first-order valence-electron chi connectivity index (χ1n) is 4.69. The van der Waals surface area contributed by atoms with Crippen molar-refractivity contribution in [3.8, 4) is 11.3 Å². The minimum atomic E-state index is 0.474. The number of fused-ring (bicyclic) bond motifs is 1. The standard InChI is InChI=1S/C10H8BrN5/c11-10-6-3-1-2-5(9(6)15-16-10)7-4-8(12)14-13-7/h1-4H,(H,15,16)(H3,12,13,14). The fourth-order valence-electron chi connectivity index (χ4n) is 1.70. The van der Waals surface area contributed by atoms with Gasteiger partial charge in [0.25, 0.3) is 0 Å². The van der Waals surface area contributed by atoms with Crippen LogP contribution in [0, 0.1) is 0 Å². The number of nitrogens with zero attached hydrogens (tertiary/aromatic N) is 2. The molecule has 0 atom stereocenters. The number of nitrogens with two attached hydrogens (primary N) is 1. The van der Waals surface area contributed by atoms with Crippen molar-refractivity contribution in [2.24, 2.45) is 0 Å². The molecule has 3 aromatic rings. The van der Waals surface area contributed by atoms with E-state index in [0.29, 0.717) is 5.82 Å². The van der Waals surface area contributed by atoms with E-state index in [1.165, 1.54) is 0 Å². The Morgan fingerprint density at radius 2 is 2.06 bits per heavy atom. The van der Waals surface area contributed by atoms with Gasteiger partial charge in [0.15, 0.2) is 0 Å². The molecule has 0 saturated carbocycles. The molecule has 0 unspecified atom stereocenters. The molecule has 16 heavy (non-hydrogen) atoms. The van der Waals surface area contributed by atoms with Gasteiger partial charge in [0.1, 0.15) is 15.9 Å². The third-order valence-corrected chi connectivity index (χ3v) is 3.03.